The second kappa shape index (κ2) is 5.60. The predicted octanol–water partition coefficient (Wildman–Crippen LogP) is 0.0374. The highest BCUT2D eigenvalue weighted by molar-refractivity contribution is 5.78. The lowest BCUT2D eigenvalue weighted by Crippen LogP contribution is -2.48. The van der Waals surface area contributed by atoms with Crippen LogP contribution in [0.3, 0.4) is 0 Å². The summed E-state index contributed by atoms with van der Waals surface area (Å²) in [5, 5.41) is 9.56. The minimum Gasteiger partial charge on any atom is -0.395 e. The van der Waals surface area contributed by atoms with Crippen LogP contribution < -0.4 is 10.5 Å². The third-order valence-corrected chi connectivity index (χ3v) is 3.69. The third-order valence-electron chi connectivity index (χ3n) is 3.69. The molecule has 3 rings (SSSR count). The molecule has 0 unspecified atom stereocenters. The number of piperazine rings is 1. The summed E-state index contributed by atoms with van der Waals surface area (Å²) in [6.45, 7) is 4.25. The first-order valence-electron chi connectivity index (χ1n) is 6.85. The van der Waals surface area contributed by atoms with Crippen molar-refractivity contribution in [2.45, 2.75) is 0 Å². The van der Waals surface area contributed by atoms with E-state index < -0.39 is 0 Å². The Morgan fingerprint density at radius 1 is 1.20 bits per heavy atom. The number of nitrogens with zero attached hydrogens (tertiary/aromatic N) is 3. The standard InChI is InChI=1S/C14H18N4O2/c19-10-9-17-5-7-18(8-6-17)14-15-12-4-2-1-3-11(12)13(20)16-14/h1-4,19H,5-10H2,(H,15,16,20). The van der Waals surface area contributed by atoms with Gasteiger partial charge in [0.15, 0.2) is 0 Å². The van der Waals surface area contributed by atoms with E-state index in [2.05, 4.69) is 19.8 Å². The zero-order valence-electron chi connectivity index (χ0n) is 11.2. The van der Waals surface area contributed by atoms with Crippen molar-refractivity contribution in [2.24, 2.45) is 0 Å². The van der Waals surface area contributed by atoms with Crippen LogP contribution in [0.2, 0.25) is 0 Å². The van der Waals surface area contributed by atoms with Gasteiger partial charge in [-0.05, 0) is 12.1 Å². The third kappa shape index (κ3) is 2.52. The van der Waals surface area contributed by atoms with Crippen molar-refractivity contribution in [3.63, 3.8) is 0 Å². The summed E-state index contributed by atoms with van der Waals surface area (Å²) < 4.78 is 0. The lowest BCUT2D eigenvalue weighted by Gasteiger charge is -2.34. The van der Waals surface area contributed by atoms with Gasteiger partial charge in [0, 0.05) is 32.7 Å². The number of aliphatic hydroxyl groups is 1. The Hall–Kier alpha value is -1.92. The number of H-pyrrole nitrogens is 1. The van der Waals surface area contributed by atoms with E-state index in [-0.39, 0.29) is 12.2 Å². The van der Waals surface area contributed by atoms with Gasteiger partial charge in [-0.15, -0.1) is 0 Å². The van der Waals surface area contributed by atoms with E-state index in [0.717, 1.165) is 31.7 Å². The number of fused-ring (bicyclic) bond motifs is 1. The first kappa shape index (κ1) is 13.1. The van der Waals surface area contributed by atoms with Crippen molar-refractivity contribution in [3.05, 3.63) is 34.6 Å². The largest absolute Gasteiger partial charge is 0.395 e. The zero-order chi connectivity index (χ0) is 13.9. The second-order valence-electron chi connectivity index (χ2n) is 4.96. The number of β-amino-alcohol motifs (C(OH)–C–C–N with tert-alkyl or cyclic N) is 1. The van der Waals surface area contributed by atoms with Crippen molar-refractivity contribution in [1.82, 2.24) is 14.9 Å². The number of hydrogen-bond acceptors (Lipinski definition) is 5. The van der Waals surface area contributed by atoms with E-state index in [1.807, 2.05) is 18.2 Å². The molecule has 0 aliphatic carbocycles. The van der Waals surface area contributed by atoms with E-state index in [4.69, 9.17) is 5.11 Å². The summed E-state index contributed by atoms with van der Waals surface area (Å²) in [6.07, 6.45) is 0. The van der Waals surface area contributed by atoms with Gasteiger partial charge in [0.05, 0.1) is 17.5 Å². The highest BCUT2D eigenvalue weighted by atomic mass is 16.3. The molecular formula is C14H18N4O2. The normalized spacial score (nSPS) is 16.8. The van der Waals surface area contributed by atoms with Crippen molar-refractivity contribution < 1.29 is 5.11 Å². The van der Waals surface area contributed by atoms with E-state index >= 15 is 0 Å². The van der Waals surface area contributed by atoms with Gasteiger partial charge >= 0.3 is 0 Å². The monoisotopic (exact) mass is 274 g/mol. The molecule has 1 aliphatic heterocycles. The molecule has 2 heterocycles. The molecule has 0 radical (unpaired) electrons. The van der Waals surface area contributed by atoms with Crippen LogP contribution in [-0.4, -0.2) is 59.3 Å². The minimum atomic E-state index is -0.0941. The van der Waals surface area contributed by atoms with Gasteiger partial charge in [0.2, 0.25) is 5.95 Å². The minimum absolute atomic E-state index is 0.0941. The summed E-state index contributed by atoms with van der Waals surface area (Å²) >= 11 is 0. The SMILES string of the molecule is O=c1[nH]c(N2CCN(CCO)CC2)nc2ccccc12. The van der Waals surface area contributed by atoms with Gasteiger partial charge in [-0.25, -0.2) is 4.98 Å². The molecule has 2 N–H and O–H groups in total. The highest BCUT2D eigenvalue weighted by Gasteiger charge is 2.18. The van der Waals surface area contributed by atoms with Gasteiger partial charge in [-0.2, -0.15) is 0 Å². The van der Waals surface area contributed by atoms with E-state index in [0.29, 0.717) is 17.9 Å². The number of nitrogens with one attached hydrogen (secondary N) is 1. The maximum atomic E-state index is 12.0. The van der Waals surface area contributed by atoms with Gasteiger partial charge in [0.25, 0.3) is 5.56 Å². The molecule has 106 valence electrons. The number of anilines is 1. The Morgan fingerprint density at radius 2 is 1.95 bits per heavy atom. The average molecular weight is 274 g/mol. The van der Waals surface area contributed by atoms with E-state index in [9.17, 15) is 4.79 Å². The van der Waals surface area contributed by atoms with E-state index in [1.165, 1.54) is 0 Å². The second-order valence-corrected chi connectivity index (χ2v) is 4.96. The van der Waals surface area contributed by atoms with Crippen LogP contribution in [0, 0.1) is 0 Å². The van der Waals surface area contributed by atoms with Crippen LogP contribution in [0.5, 0.6) is 0 Å². The lowest BCUT2D eigenvalue weighted by atomic mass is 10.2. The van der Waals surface area contributed by atoms with Crippen LogP contribution in [0.15, 0.2) is 29.1 Å². The quantitative estimate of drug-likeness (QED) is 0.826. The Bertz CT molecular complexity index is 647. The Morgan fingerprint density at radius 3 is 2.70 bits per heavy atom. The first-order chi connectivity index (χ1) is 9.78. The number of rotatable bonds is 3. The molecule has 0 atom stereocenters. The fourth-order valence-electron chi connectivity index (χ4n) is 2.55. The summed E-state index contributed by atoms with van der Waals surface area (Å²) in [4.78, 5) is 23.7. The predicted molar refractivity (Wildman–Crippen MR) is 78.1 cm³/mol. The summed E-state index contributed by atoms with van der Waals surface area (Å²) in [5.41, 5.74) is 0.632. The smallest absolute Gasteiger partial charge is 0.260 e. The Labute approximate surface area is 116 Å². The van der Waals surface area contributed by atoms with Crippen molar-refractivity contribution in [3.8, 4) is 0 Å². The summed E-state index contributed by atoms with van der Waals surface area (Å²) in [5.74, 6) is 0.636. The number of benzene rings is 1. The number of para-hydroxylation sites is 1. The van der Waals surface area contributed by atoms with Crippen LogP contribution in [0.4, 0.5) is 5.95 Å². The number of aliphatic hydroxyl groups excluding tert-OH is 1. The molecule has 6 nitrogen and oxygen atoms in total. The molecule has 1 aromatic heterocycles. The Kier molecular flexibility index (Phi) is 3.66. The van der Waals surface area contributed by atoms with Crippen LogP contribution >= 0.6 is 0 Å². The topological polar surface area (TPSA) is 72.5 Å². The fourth-order valence-corrected chi connectivity index (χ4v) is 2.55. The highest BCUT2D eigenvalue weighted by Crippen LogP contribution is 2.13. The van der Waals surface area contributed by atoms with Crippen LogP contribution in [-0.2, 0) is 0 Å². The summed E-state index contributed by atoms with van der Waals surface area (Å²) in [7, 11) is 0. The average Bonchev–Trinajstić information content (AvgIpc) is 2.48. The van der Waals surface area contributed by atoms with Gasteiger partial charge in [-0.1, -0.05) is 12.1 Å². The van der Waals surface area contributed by atoms with Gasteiger partial charge in [0.1, 0.15) is 0 Å². The van der Waals surface area contributed by atoms with Gasteiger partial charge in [-0.3, -0.25) is 14.7 Å². The molecule has 6 heteroatoms. The molecule has 1 aliphatic rings. The molecular weight excluding hydrogens is 256 g/mol. The van der Waals surface area contributed by atoms with Crippen molar-refractivity contribution in [1.29, 1.82) is 0 Å². The fraction of sp³-hybridized carbons (Fsp3) is 0.429. The lowest BCUT2D eigenvalue weighted by molar-refractivity contribution is 0.188. The molecule has 1 aromatic carbocycles. The zero-order valence-corrected chi connectivity index (χ0v) is 11.2. The molecule has 1 saturated heterocycles. The van der Waals surface area contributed by atoms with E-state index in [1.54, 1.807) is 6.07 Å². The van der Waals surface area contributed by atoms with Crippen LogP contribution in [0.25, 0.3) is 10.9 Å². The molecule has 2 aromatic rings. The first-order valence-corrected chi connectivity index (χ1v) is 6.85. The maximum Gasteiger partial charge on any atom is 0.260 e. The molecule has 1 fully saturated rings. The maximum absolute atomic E-state index is 12.0. The van der Waals surface area contributed by atoms with Crippen molar-refractivity contribution in [2.75, 3.05) is 44.2 Å². The number of hydrogen-bond donors (Lipinski definition) is 2. The van der Waals surface area contributed by atoms with Crippen molar-refractivity contribution >= 4 is 16.9 Å². The number of aromatic nitrogens is 2. The molecule has 0 spiro atoms. The summed E-state index contributed by atoms with van der Waals surface area (Å²) in [6, 6.07) is 7.37. The van der Waals surface area contributed by atoms with Gasteiger partial charge < -0.3 is 10.0 Å². The molecule has 0 saturated carbocycles. The Balaban J connectivity index is 1.83. The molecule has 0 bridgehead atoms. The molecule has 20 heavy (non-hydrogen) atoms. The van der Waals surface area contributed by atoms with Crippen LogP contribution in [0.1, 0.15) is 0 Å². The molecule has 0 amide bonds. The number of aromatic amines is 1.